The molecule has 152 valence electrons. The van der Waals surface area contributed by atoms with Crippen molar-refractivity contribution in [3.05, 3.63) is 46.1 Å². The Balaban J connectivity index is 2.03. The summed E-state index contributed by atoms with van der Waals surface area (Å²) in [7, 11) is 0. The fourth-order valence-electron chi connectivity index (χ4n) is 4.69. The summed E-state index contributed by atoms with van der Waals surface area (Å²) in [5.41, 5.74) is 3.99. The van der Waals surface area contributed by atoms with Crippen molar-refractivity contribution in [1.29, 1.82) is 0 Å². The molecule has 28 heavy (non-hydrogen) atoms. The van der Waals surface area contributed by atoms with E-state index in [0.717, 1.165) is 11.1 Å². The lowest BCUT2D eigenvalue weighted by molar-refractivity contribution is -0.134. The number of likely N-dealkylation sites (tertiary alicyclic amines) is 1. The number of allylic oxidation sites excluding steroid dienone is 3. The standard InChI is InChI=1S/C24H33NO3/c1-13(2)19-8-7-14(3)9-21(19)22-23(27)15(4)20(16(5)24(22)28)10-18-11-25(12-18)17(6)26/h9,18-19,21,27-28H,1,7-8,10-12H2,2-6H3/t19-,21+/m0/s1/i3D3. The van der Waals surface area contributed by atoms with Gasteiger partial charge >= 0.3 is 0 Å². The second-order valence-electron chi connectivity index (χ2n) is 8.54. The number of hydrogen-bond donors (Lipinski definition) is 2. The average molecular weight is 387 g/mol. The van der Waals surface area contributed by atoms with Crippen molar-refractivity contribution in [2.75, 3.05) is 13.1 Å². The van der Waals surface area contributed by atoms with Crippen molar-refractivity contribution in [1.82, 2.24) is 4.90 Å². The van der Waals surface area contributed by atoms with Gasteiger partial charge in [0.2, 0.25) is 5.91 Å². The summed E-state index contributed by atoms with van der Waals surface area (Å²) in [6.07, 6.45) is 3.45. The zero-order valence-electron chi connectivity index (χ0n) is 20.3. The maximum atomic E-state index is 11.5. The summed E-state index contributed by atoms with van der Waals surface area (Å²) in [4.78, 5) is 13.2. The summed E-state index contributed by atoms with van der Waals surface area (Å²) < 4.78 is 23.5. The minimum Gasteiger partial charge on any atom is -0.507 e. The Morgan fingerprint density at radius 2 is 1.86 bits per heavy atom. The summed E-state index contributed by atoms with van der Waals surface area (Å²) in [6.45, 7) is 10.4. The highest BCUT2D eigenvalue weighted by atomic mass is 16.3. The van der Waals surface area contributed by atoms with Crippen LogP contribution >= 0.6 is 0 Å². The summed E-state index contributed by atoms with van der Waals surface area (Å²) >= 11 is 0. The van der Waals surface area contributed by atoms with Crippen LogP contribution in [-0.2, 0) is 11.2 Å². The molecule has 1 fully saturated rings. The maximum absolute atomic E-state index is 11.5. The quantitative estimate of drug-likeness (QED) is 0.734. The third-order valence-corrected chi connectivity index (χ3v) is 6.53. The van der Waals surface area contributed by atoms with Gasteiger partial charge in [0.25, 0.3) is 0 Å². The smallest absolute Gasteiger partial charge is 0.219 e. The Bertz CT molecular complexity index is 913. The number of carbonyl (C=O) groups excluding carboxylic acids is 1. The van der Waals surface area contributed by atoms with E-state index in [1.807, 2.05) is 20.8 Å². The molecule has 0 spiro atoms. The lowest BCUT2D eigenvalue weighted by Crippen LogP contribution is -2.49. The first-order valence-electron chi connectivity index (χ1n) is 11.5. The van der Waals surface area contributed by atoms with Crippen LogP contribution in [0.25, 0.3) is 0 Å². The van der Waals surface area contributed by atoms with E-state index in [-0.39, 0.29) is 23.3 Å². The minimum atomic E-state index is -2.19. The van der Waals surface area contributed by atoms with Gasteiger partial charge in [-0.15, -0.1) is 0 Å². The van der Waals surface area contributed by atoms with E-state index in [4.69, 9.17) is 4.11 Å². The zero-order chi connectivity index (χ0) is 23.2. The summed E-state index contributed by atoms with van der Waals surface area (Å²) in [6, 6.07) is 0. The van der Waals surface area contributed by atoms with Gasteiger partial charge in [-0.2, -0.15) is 0 Å². The van der Waals surface area contributed by atoms with E-state index in [2.05, 4.69) is 6.58 Å². The highest BCUT2D eigenvalue weighted by molar-refractivity contribution is 5.74. The molecule has 3 rings (SSSR count). The number of aromatic hydroxyl groups is 2. The van der Waals surface area contributed by atoms with E-state index < -0.39 is 12.8 Å². The number of phenolic OH excluding ortho intramolecular Hbond substituents is 2. The molecule has 1 amide bonds. The molecule has 2 atom stereocenters. The van der Waals surface area contributed by atoms with Gasteiger partial charge in [-0.05, 0) is 75.4 Å². The third kappa shape index (κ3) is 3.57. The molecule has 4 nitrogen and oxygen atoms in total. The second kappa shape index (κ2) is 7.65. The van der Waals surface area contributed by atoms with Crippen LogP contribution in [0.1, 0.15) is 65.8 Å². The van der Waals surface area contributed by atoms with Gasteiger partial charge < -0.3 is 15.1 Å². The highest BCUT2D eigenvalue weighted by Crippen LogP contribution is 2.49. The molecule has 1 aliphatic heterocycles. The lowest BCUT2D eigenvalue weighted by atomic mass is 9.72. The second-order valence-corrected chi connectivity index (χ2v) is 8.54. The van der Waals surface area contributed by atoms with Crippen LogP contribution in [-0.4, -0.2) is 34.1 Å². The molecule has 1 aliphatic carbocycles. The molecule has 1 saturated heterocycles. The van der Waals surface area contributed by atoms with Gasteiger partial charge in [-0.1, -0.05) is 23.8 Å². The molecular weight excluding hydrogens is 350 g/mol. The molecule has 4 heteroatoms. The van der Waals surface area contributed by atoms with Crippen LogP contribution in [0, 0.1) is 25.7 Å². The van der Waals surface area contributed by atoms with Crippen molar-refractivity contribution in [2.45, 2.75) is 59.7 Å². The Labute approximate surface area is 172 Å². The lowest BCUT2D eigenvalue weighted by Gasteiger charge is -2.39. The molecule has 2 N–H and O–H groups in total. The molecule has 2 aliphatic rings. The van der Waals surface area contributed by atoms with Gasteiger partial charge in [-0.25, -0.2) is 0 Å². The molecule has 1 aromatic rings. The Hall–Kier alpha value is -2.23. The van der Waals surface area contributed by atoms with Gasteiger partial charge in [0, 0.05) is 35.6 Å². The number of rotatable bonds is 4. The van der Waals surface area contributed by atoms with Crippen LogP contribution in [0.15, 0.2) is 23.8 Å². The van der Waals surface area contributed by atoms with Gasteiger partial charge in [-0.3, -0.25) is 4.79 Å². The first-order chi connectivity index (χ1) is 14.3. The number of phenols is 2. The van der Waals surface area contributed by atoms with Crippen molar-refractivity contribution in [3.8, 4) is 11.5 Å². The molecule has 0 radical (unpaired) electrons. The largest absolute Gasteiger partial charge is 0.507 e. The zero-order valence-corrected chi connectivity index (χ0v) is 17.3. The van der Waals surface area contributed by atoms with Crippen molar-refractivity contribution >= 4 is 5.91 Å². The Morgan fingerprint density at radius 1 is 1.25 bits per heavy atom. The van der Waals surface area contributed by atoms with E-state index in [1.54, 1.807) is 17.9 Å². The topological polar surface area (TPSA) is 60.8 Å². The van der Waals surface area contributed by atoms with Crippen molar-refractivity contribution in [3.63, 3.8) is 0 Å². The monoisotopic (exact) mass is 386 g/mol. The molecule has 0 unspecified atom stereocenters. The molecule has 0 saturated carbocycles. The first-order valence-corrected chi connectivity index (χ1v) is 9.98. The van der Waals surface area contributed by atoms with E-state index in [0.29, 0.717) is 60.5 Å². The maximum Gasteiger partial charge on any atom is 0.219 e. The number of hydrogen-bond acceptors (Lipinski definition) is 3. The van der Waals surface area contributed by atoms with Crippen LogP contribution < -0.4 is 0 Å². The molecule has 0 bridgehead atoms. The summed E-state index contributed by atoms with van der Waals surface area (Å²) in [5.74, 6) is -0.0785. The minimum absolute atomic E-state index is 0.0279. The molecule has 1 aromatic carbocycles. The molecular formula is C24H33NO3. The number of benzene rings is 1. The summed E-state index contributed by atoms with van der Waals surface area (Å²) in [5, 5.41) is 22.3. The van der Waals surface area contributed by atoms with Crippen LogP contribution in [0.3, 0.4) is 0 Å². The Kier molecular flexibility index (Phi) is 4.56. The normalized spacial score (nSPS) is 24.6. The van der Waals surface area contributed by atoms with Crippen molar-refractivity contribution < 1.29 is 19.1 Å². The highest BCUT2D eigenvalue weighted by Gasteiger charge is 2.34. The average Bonchev–Trinajstić information content (AvgIpc) is 2.63. The predicted molar refractivity (Wildman–Crippen MR) is 113 cm³/mol. The first kappa shape index (κ1) is 16.7. The van der Waals surface area contributed by atoms with Gasteiger partial charge in [0.15, 0.2) is 0 Å². The number of carbonyl (C=O) groups is 1. The van der Waals surface area contributed by atoms with Gasteiger partial charge in [0.05, 0.1) is 0 Å². The predicted octanol–water partition coefficient (Wildman–Crippen LogP) is 4.75. The fourth-order valence-corrected chi connectivity index (χ4v) is 4.69. The van der Waals surface area contributed by atoms with Crippen LogP contribution in [0.5, 0.6) is 11.5 Å². The third-order valence-electron chi connectivity index (χ3n) is 6.53. The number of amides is 1. The van der Waals surface area contributed by atoms with E-state index in [9.17, 15) is 15.0 Å². The van der Waals surface area contributed by atoms with Gasteiger partial charge in [0.1, 0.15) is 11.5 Å². The molecule has 1 heterocycles. The number of nitrogens with zero attached hydrogens (tertiary/aromatic N) is 1. The molecule has 0 aromatic heterocycles. The van der Waals surface area contributed by atoms with Crippen LogP contribution in [0.4, 0.5) is 0 Å². The van der Waals surface area contributed by atoms with E-state index in [1.165, 1.54) is 0 Å². The van der Waals surface area contributed by atoms with Crippen LogP contribution in [0.2, 0.25) is 0 Å². The van der Waals surface area contributed by atoms with E-state index >= 15 is 0 Å². The Morgan fingerprint density at radius 3 is 2.36 bits per heavy atom. The van der Waals surface area contributed by atoms with Crippen molar-refractivity contribution in [2.24, 2.45) is 11.8 Å². The fraction of sp³-hybridized carbons (Fsp3) is 0.542. The SMILES string of the molecule is [2H]C([2H])([2H])C1=C[C@@H](c2c(O)c(C)c(CC3CN(C(C)=O)C3)c(C)c2O)[C@H](C(=C)C)CC1.